The van der Waals surface area contributed by atoms with Crippen molar-refractivity contribution in [3.8, 4) is 0 Å². The molecule has 0 aromatic rings. The first-order valence-corrected chi connectivity index (χ1v) is 7.40. The standard InChI is InChI=1S/C15H26N2O3/c1-14(2)11(8-15(14,3)20-4)17-13(19)7-10-5-6-12(18)16-9-10/h10-11H,5-9H2,1-4H3,(H,16,18)(H,17,19). The number of methoxy groups -OCH3 is 1. The van der Waals surface area contributed by atoms with Gasteiger partial charge in [-0.3, -0.25) is 9.59 Å². The highest BCUT2D eigenvalue weighted by Gasteiger charge is 2.58. The molecule has 2 aliphatic rings. The Morgan fingerprint density at radius 2 is 2.15 bits per heavy atom. The molecule has 0 radical (unpaired) electrons. The number of nitrogens with one attached hydrogen (secondary N) is 2. The minimum Gasteiger partial charge on any atom is -0.378 e. The van der Waals surface area contributed by atoms with Gasteiger partial charge >= 0.3 is 0 Å². The van der Waals surface area contributed by atoms with Crippen LogP contribution in [0.5, 0.6) is 0 Å². The van der Waals surface area contributed by atoms with Gasteiger partial charge in [0.25, 0.3) is 0 Å². The van der Waals surface area contributed by atoms with Crippen molar-refractivity contribution in [2.75, 3.05) is 13.7 Å². The van der Waals surface area contributed by atoms with Crippen molar-refractivity contribution in [1.82, 2.24) is 10.6 Å². The number of carbonyl (C=O) groups is 2. The van der Waals surface area contributed by atoms with Crippen LogP contribution in [-0.2, 0) is 14.3 Å². The number of carbonyl (C=O) groups excluding carboxylic acids is 2. The summed E-state index contributed by atoms with van der Waals surface area (Å²) in [4.78, 5) is 23.2. The summed E-state index contributed by atoms with van der Waals surface area (Å²) in [6, 6.07) is 0.165. The fourth-order valence-corrected chi connectivity index (χ4v) is 3.20. The van der Waals surface area contributed by atoms with Crippen molar-refractivity contribution >= 4 is 11.8 Å². The maximum atomic E-state index is 12.1. The second kappa shape index (κ2) is 5.35. The van der Waals surface area contributed by atoms with Crippen molar-refractivity contribution < 1.29 is 14.3 Å². The Hall–Kier alpha value is -1.10. The summed E-state index contributed by atoms with van der Waals surface area (Å²) in [5.41, 5.74) is -0.220. The van der Waals surface area contributed by atoms with E-state index in [9.17, 15) is 9.59 Å². The molecule has 2 N–H and O–H groups in total. The maximum absolute atomic E-state index is 12.1. The highest BCUT2D eigenvalue weighted by atomic mass is 16.5. The lowest BCUT2D eigenvalue weighted by Gasteiger charge is -2.59. The van der Waals surface area contributed by atoms with E-state index < -0.39 is 0 Å². The average Bonchev–Trinajstić information content (AvgIpc) is 2.40. The van der Waals surface area contributed by atoms with Gasteiger partial charge in [0.15, 0.2) is 0 Å². The van der Waals surface area contributed by atoms with Gasteiger partial charge in [0.2, 0.25) is 11.8 Å². The molecule has 0 aromatic heterocycles. The van der Waals surface area contributed by atoms with Crippen LogP contribution in [0.25, 0.3) is 0 Å². The van der Waals surface area contributed by atoms with Gasteiger partial charge in [-0.2, -0.15) is 0 Å². The lowest BCUT2D eigenvalue weighted by Crippen LogP contribution is -2.68. The van der Waals surface area contributed by atoms with Crippen LogP contribution in [0.15, 0.2) is 0 Å². The number of hydrogen-bond acceptors (Lipinski definition) is 3. The Morgan fingerprint density at radius 1 is 1.45 bits per heavy atom. The Morgan fingerprint density at radius 3 is 2.65 bits per heavy atom. The normalized spacial score (nSPS) is 35.9. The molecule has 3 atom stereocenters. The first kappa shape index (κ1) is 15.3. The molecule has 1 aliphatic heterocycles. The quantitative estimate of drug-likeness (QED) is 0.815. The topological polar surface area (TPSA) is 67.4 Å². The van der Waals surface area contributed by atoms with E-state index >= 15 is 0 Å². The van der Waals surface area contributed by atoms with Gasteiger partial charge in [-0.1, -0.05) is 13.8 Å². The molecule has 2 rings (SSSR count). The Bertz CT molecular complexity index is 398. The summed E-state index contributed by atoms with van der Waals surface area (Å²) in [6.45, 7) is 6.97. The van der Waals surface area contributed by atoms with Crippen LogP contribution < -0.4 is 10.6 Å². The third-order valence-corrected chi connectivity index (χ3v) is 5.46. The predicted octanol–water partition coefficient (Wildman–Crippen LogP) is 1.22. The number of amides is 2. The van der Waals surface area contributed by atoms with E-state index in [1.165, 1.54) is 0 Å². The van der Waals surface area contributed by atoms with E-state index in [0.29, 0.717) is 19.4 Å². The Kier molecular flexibility index (Phi) is 4.09. The molecule has 0 spiro atoms. The van der Waals surface area contributed by atoms with Crippen LogP contribution in [0.1, 0.15) is 46.5 Å². The lowest BCUT2D eigenvalue weighted by molar-refractivity contribution is -0.182. The summed E-state index contributed by atoms with van der Waals surface area (Å²) < 4.78 is 5.56. The fraction of sp³-hybridized carbons (Fsp3) is 0.867. The maximum Gasteiger partial charge on any atom is 0.220 e. The van der Waals surface area contributed by atoms with E-state index in [0.717, 1.165) is 12.8 Å². The van der Waals surface area contributed by atoms with Crippen LogP contribution in [0.4, 0.5) is 0 Å². The molecule has 2 fully saturated rings. The number of rotatable bonds is 4. The summed E-state index contributed by atoms with van der Waals surface area (Å²) in [5, 5.41) is 5.94. The SMILES string of the molecule is COC1(C)CC(NC(=O)CC2CCC(=O)NC2)C1(C)C. The van der Waals surface area contributed by atoms with E-state index in [2.05, 4.69) is 31.4 Å². The molecule has 0 bridgehead atoms. The highest BCUT2D eigenvalue weighted by Crippen LogP contribution is 2.51. The van der Waals surface area contributed by atoms with Crippen molar-refractivity contribution in [3.63, 3.8) is 0 Å². The van der Waals surface area contributed by atoms with Crippen LogP contribution in [0.2, 0.25) is 0 Å². The van der Waals surface area contributed by atoms with Crippen molar-refractivity contribution in [1.29, 1.82) is 0 Å². The summed E-state index contributed by atoms with van der Waals surface area (Å²) >= 11 is 0. The second-order valence-electron chi connectivity index (χ2n) is 6.89. The number of ether oxygens (including phenoxy) is 1. The van der Waals surface area contributed by atoms with Crippen molar-refractivity contribution in [2.24, 2.45) is 11.3 Å². The van der Waals surface area contributed by atoms with Gasteiger partial charge in [-0.05, 0) is 25.7 Å². The Labute approximate surface area is 120 Å². The second-order valence-corrected chi connectivity index (χ2v) is 6.89. The zero-order valence-electron chi connectivity index (χ0n) is 12.9. The largest absolute Gasteiger partial charge is 0.378 e. The van der Waals surface area contributed by atoms with Gasteiger partial charge in [0.1, 0.15) is 0 Å². The van der Waals surface area contributed by atoms with E-state index in [1.54, 1.807) is 7.11 Å². The van der Waals surface area contributed by atoms with Gasteiger partial charge in [-0.25, -0.2) is 0 Å². The molecule has 20 heavy (non-hydrogen) atoms. The molecule has 0 aromatic carbocycles. The van der Waals surface area contributed by atoms with Crippen molar-refractivity contribution in [3.05, 3.63) is 0 Å². The summed E-state index contributed by atoms with van der Waals surface area (Å²) in [6.07, 6.45) is 2.69. The average molecular weight is 282 g/mol. The molecule has 3 unspecified atom stereocenters. The van der Waals surface area contributed by atoms with E-state index in [4.69, 9.17) is 4.74 Å². The molecule has 5 heteroatoms. The van der Waals surface area contributed by atoms with Crippen LogP contribution in [0, 0.1) is 11.3 Å². The van der Waals surface area contributed by atoms with Gasteiger partial charge in [0, 0.05) is 38.0 Å². The number of hydrogen-bond donors (Lipinski definition) is 2. The molecule has 1 saturated heterocycles. The third-order valence-electron chi connectivity index (χ3n) is 5.46. The Balaban J connectivity index is 1.80. The minimum absolute atomic E-state index is 0.0574. The van der Waals surface area contributed by atoms with Crippen LogP contribution >= 0.6 is 0 Å². The zero-order valence-corrected chi connectivity index (χ0v) is 12.9. The number of piperidine rings is 1. The first-order valence-electron chi connectivity index (χ1n) is 7.40. The fourth-order valence-electron chi connectivity index (χ4n) is 3.20. The molecular formula is C15H26N2O3. The highest BCUT2D eigenvalue weighted by molar-refractivity contribution is 5.79. The zero-order chi connectivity index (χ0) is 15.0. The molecule has 1 aliphatic carbocycles. The molecule has 2 amide bonds. The molecule has 1 heterocycles. The molecular weight excluding hydrogens is 256 g/mol. The smallest absolute Gasteiger partial charge is 0.220 e. The van der Waals surface area contributed by atoms with Gasteiger partial charge in [0.05, 0.1) is 5.60 Å². The predicted molar refractivity (Wildman–Crippen MR) is 76.1 cm³/mol. The molecule has 5 nitrogen and oxygen atoms in total. The van der Waals surface area contributed by atoms with Crippen LogP contribution in [0.3, 0.4) is 0 Å². The van der Waals surface area contributed by atoms with Gasteiger partial charge in [-0.15, -0.1) is 0 Å². The van der Waals surface area contributed by atoms with Gasteiger partial charge < -0.3 is 15.4 Å². The van der Waals surface area contributed by atoms with Crippen molar-refractivity contribution in [2.45, 2.75) is 58.1 Å². The summed E-state index contributed by atoms with van der Waals surface area (Å²) in [7, 11) is 1.73. The minimum atomic E-state index is -0.163. The van der Waals surface area contributed by atoms with Crippen LogP contribution in [-0.4, -0.2) is 37.1 Å². The summed E-state index contributed by atoms with van der Waals surface area (Å²) in [5.74, 6) is 0.449. The molecule has 1 saturated carbocycles. The monoisotopic (exact) mass is 282 g/mol. The molecule has 114 valence electrons. The first-order chi connectivity index (χ1) is 9.28. The van der Waals surface area contributed by atoms with E-state index in [-0.39, 0.29) is 34.8 Å². The third kappa shape index (κ3) is 2.68. The lowest BCUT2D eigenvalue weighted by atomic mass is 9.56. The van der Waals surface area contributed by atoms with E-state index in [1.807, 2.05) is 0 Å².